The van der Waals surface area contributed by atoms with Gasteiger partial charge < -0.3 is 9.98 Å². The predicted molar refractivity (Wildman–Crippen MR) is 198 cm³/mol. The molecule has 0 bridgehead atoms. The van der Waals surface area contributed by atoms with Gasteiger partial charge in [-0.15, -0.1) is 71.8 Å². The Morgan fingerprint density at radius 3 is 0.904 bits per heavy atom. The molecule has 0 atom stereocenters. The van der Waals surface area contributed by atoms with E-state index in [2.05, 4.69) is 159 Å². The molecular weight excluding hydrogens is 1150 g/mol. The molecule has 0 aromatic heterocycles. The van der Waals surface area contributed by atoms with Crippen molar-refractivity contribution in [2.45, 2.75) is 41.5 Å². The Morgan fingerprint density at radius 2 is 0.712 bits per heavy atom. The minimum absolute atomic E-state index is 0. The summed E-state index contributed by atoms with van der Waals surface area (Å²) in [4.78, 5) is 9.12. The fourth-order valence-electron chi connectivity index (χ4n) is 4.00. The van der Waals surface area contributed by atoms with Crippen LogP contribution in [0.1, 0.15) is 44.5 Å². The normalized spacial score (nSPS) is 7.69. The van der Waals surface area contributed by atoms with E-state index < -0.39 is 0 Å². The van der Waals surface area contributed by atoms with E-state index in [1.165, 1.54) is 33.4 Å². The summed E-state index contributed by atoms with van der Waals surface area (Å²) in [5.41, 5.74) is 11.6. The monoisotopic (exact) mass is 1180 g/mol. The zero-order valence-electron chi connectivity index (χ0n) is 28.6. The maximum atomic E-state index is 7.50. The molecule has 0 heterocycles. The van der Waals surface area contributed by atoms with E-state index in [0.29, 0.717) is 0 Å². The van der Waals surface area contributed by atoms with Crippen molar-refractivity contribution in [1.29, 1.82) is 0 Å². The molecule has 8 nitrogen and oxygen atoms in total. The number of rotatable bonds is 4. The molecule has 0 radical (unpaired) electrons. The van der Waals surface area contributed by atoms with Gasteiger partial charge in [0, 0.05) is 34.7 Å². The van der Waals surface area contributed by atoms with Crippen molar-refractivity contribution in [2.24, 2.45) is 9.98 Å². The molecule has 0 aliphatic rings. The second-order valence-electron chi connectivity index (χ2n) is 8.65. The number of aryl methyl sites for hydroxylation is 6. The molecule has 0 fully saturated rings. The first kappa shape index (κ1) is 68.5. The Hall–Kier alpha value is -1.49. The van der Waals surface area contributed by atoms with Gasteiger partial charge in [0.05, 0.1) is 11.4 Å². The Balaban J connectivity index is -0.0000000872. The van der Waals surface area contributed by atoms with Crippen LogP contribution in [0.3, 0.4) is 0 Å². The topological polar surface area (TPSA) is 144 Å². The van der Waals surface area contributed by atoms with Crippen molar-refractivity contribution in [1.82, 2.24) is 0 Å². The first-order valence-electron chi connectivity index (χ1n) is 13.0. The van der Waals surface area contributed by atoms with Crippen LogP contribution in [0, 0.1) is 93.6 Å². The fraction of sp³-hybridized carbons (Fsp3) is 0.158. The van der Waals surface area contributed by atoms with Crippen LogP contribution in [0.15, 0.2) is 82.8 Å². The Morgan fingerprint density at radius 1 is 0.481 bits per heavy atom. The molecule has 0 unspecified atom stereocenters. The molecule has 14 heteroatoms. The maximum absolute atomic E-state index is 7.50. The molecule has 0 spiro atoms. The van der Waals surface area contributed by atoms with E-state index in [1.54, 1.807) is 0 Å². The summed E-state index contributed by atoms with van der Waals surface area (Å²) >= 11 is 9.44. The molecule has 0 aliphatic heterocycles. The molecule has 4 aromatic rings. The van der Waals surface area contributed by atoms with Gasteiger partial charge in [-0.3, -0.25) is 0 Å². The minimum atomic E-state index is 0. The summed E-state index contributed by atoms with van der Waals surface area (Å²) in [7, 11) is 0. The Labute approximate surface area is 373 Å². The number of hydrogen-bond donors (Lipinski definition) is 0. The molecule has 0 N–H and O–H groups in total. The van der Waals surface area contributed by atoms with E-state index in [1.807, 2.05) is 100.0 Å². The number of hydrogen-bond acceptors (Lipinski definition) is 2. The van der Waals surface area contributed by atoms with Gasteiger partial charge in [0.15, 0.2) is 0 Å². The van der Waals surface area contributed by atoms with Gasteiger partial charge in [-0.05, 0) is 76.2 Å². The van der Waals surface area contributed by atoms with Crippen LogP contribution in [-0.4, -0.2) is 12.4 Å². The van der Waals surface area contributed by atoms with Gasteiger partial charge in [0.2, 0.25) is 0 Å². The molecular formula is C38H32Cr2I2N2O6Pd2. The first-order chi connectivity index (χ1) is 24.3. The number of halogens is 2. The van der Waals surface area contributed by atoms with Crippen LogP contribution in [0.2, 0.25) is 0 Å². The molecule has 4 rings (SSSR count). The summed E-state index contributed by atoms with van der Waals surface area (Å²) in [5, 5.41) is 0. The van der Waals surface area contributed by atoms with Crippen molar-refractivity contribution in [3.63, 3.8) is 0 Å². The Kier molecular flexibility index (Phi) is 71.0. The molecule has 276 valence electrons. The van der Waals surface area contributed by atoms with E-state index in [0.717, 1.165) is 22.5 Å². The van der Waals surface area contributed by atoms with E-state index in [4.69, 9.17) is 27.9 Å². The summed E-state index contributed by atoms with van der Waals surface area (Å²) < 4.78 is 45.0. The van der Waals surface area contributed by atoms with Crippen LogP contribution in [0.5, 0.6) is 0 Å². The third kappa shape index (κ3) is 34.3. The Bertz CT molecular complexity index is 1420. The summed E-state index contributed by atoms with van der Waals surface area (Å²) in [5.74, 6) is 0. The standard InChI is InChI=1S/2C16H16N.6CO.2Cr.2HI.2Pd/c2*1-12-9-13(2)16(14(3)10-12)17-11-15-7-5-4-6-8-15;6*1-2;;;;;;/h2*4-7,9-11H,1-3H3;;;;;;;;;2*1H;;/q2*-1;;;;;;;;;;;2*+2/p-2. The van der Waals surface area contributed by atoms with Crippen LogP contribution in [0.25, 0.3) is 0 Å². The molecule has 4 aromatic carbocycles. The van der Waals surface area contributed by atoms with E-state index in [-0.39, 0.29) is 34.7 Å². The number of nitrogens with zero attached hydrogens (tertiary/aromatic N) is 2. The van der Waals surface area contributed by atoms with Crippen molar-refractivity contribution in [3.05, 3.63) is 169 Å². The first-order valence-corrected chi connectivity index (χ1v) is 22.2. The SMILES string of the molecule is Cc1cc(C)c(N=Cc2[c-]cccc2)c(C)c1.Cc1cc(C)c(N=Cc2[c-]cccc2)c(C)c1.[C-]#[O+].[C-]#[O+].[C-]#[O+].[C-]#[O+].[C-]#[O+].[C-]#[O+].[Cr].[Cr].[Pd+][I].[Pd+][I]. The average Bonchev–Trinajstić information content (AvgIpc) is 3.18. The van der Waals surface area contributed by atoms with Crippen molar-refractivity contribution >= 4 is 62.8 Å². The van der Waals surface area contributed by atoms with Crippen molar-refractivity contribution in [2.75, 3.05) is 0 Å². The van der Waals surface area contributed by atoms with E-state index >= 15 is 0 Å². The van der Waals surface area contributed by atoms with E-state index in [9.17, 15) is 0 Å². The van der Waals surface area contributed by atoms with Crippen LogP contribution in [0.4, 0.5) is 11.4 Å². The zero-order chi connectivity index (χ0) is 40.5. The van der Waals surface area contributed by atoms with Crippen molar-refractivity contribution < 1.29 is 93.8 Å². The third-order valence-corrected chi connectivity index (χ3v) is 5.40. The van der Waals surface area contributed by atoms with Gasteiger partial charge in [0.25, 0.3) is 0 Å². The second kappa shape index (κ2) is 53.9. The number of aliphatic imine (C=N–C) groups is 2. The predicted octanol–water partition coefficient (Wildman–Crippen LogP) is 9.86. The van der Waals surface area contributed by atoms with Gasteiger partial charge in [-0.25, -0.2) is 0 Å². The summed E-state index contributed by atoms with van der Waals surface area (Å²) in [6.07, 6.45) is 3.73. The van der Waals surface area contributed by atoms with Crippen LogP contribution >= 0.6 is 39.0 Å². The summed E-state index contributed by atoms with van der Waals surface area (Å²) in [6, 6.07) is 30.6. The fourth-order valence-corrected chi connectivity index (χ4v) is 4.00. The zero-order valence-corrected chi connectivity index (χ0v) is 38.6. The third-order valence-electron chi connectivity index (χ3n) is 5.40. The van der Waals surface area contributed by atoms with Crippen LogP contribution < -0.4 is 0 Å². The van der Waals surface area contributed by atoms with Crippen LogP contribution in [-0.2, 0) is 93.8 Å². The van der Waals surface area contributed by atoms with Gasteiger partial charge in [-0.2, -0.15) is 0 Å². The van der Waals surface area contributed by atoms with Gasteiger partial charge >= 0.3 is 138 Å². The molecule has 0 amide bonds. The molecule has 0 saturated carbocycles. The van der Waals surface area contributed by atoms with Gasteiger partial charge in [-0.1, -0.05) is 35.4 Å². The quantitative estimate of drug-likeness (QED) is 0.0631. The number of benzene rings is 4. The van der Waals surface area contributed by atoms with Gasteiger partial charge in [0.1, 0.15) is 0 Å². The summed E-state index contributed by atoms with van der Waals surface area (Å²) in [6.45, 7) is 39.6. The molecule has 0 aliphatic carbocycles. The van der Waals surface area contributed by atoms with Crippen molar-refractivity contribution in [3.8, 4) is 0 Å². The molecule has 0 saturated heterocycles. The second-order valence-corrected chi connectivity index (χ2v) is 8.65. The average molecular weight is 1180 g/mol. The molecule has 52 heavy (non-hydrogen) atoms.